The van der Waals surface area contributed by atoms with Gasteiger partial charge in [0.25, 0.3) is 0 Å². The van der Waals surface area contributed by atoms with Crippen molar-refractivity contribution < 1.29 is 8.78 Å². The molecule has 1 N–H and O–H groups in total. The maximum absolute atomic E-state index is 13.0. The van der Waals surface area contributed by atoms with Crippen molar-refractivity contribution in [3.05, 3.63) is 35.4 Å². The Morgan fingerprint density at radius 2 is 2.08 bits per heavy atom. The predicted octanol–water partition coefficient (Wildman–Crippen LogP) is 2.12. The van der Waals surface area contributed by atoms with E-state index in [1.54, 1.807) is 0 Å². The van der Waals surface area contributed by atoms with Crippen LogP contribution >= 0.6 is 0 Å². The third-order valence-electron chi connectivity index (χ3n) is 1.88. The third kappa shape index (κ3) is 3.11. The van der Waals surface area contributed by atoms with E-state index in [9.17, 15) is 8.78 Å². The fraction of sp³-hybridized carbons (Fsp3) is 0.400. The van der Waals surface area contributed by atoms with Gasteiger partial charge < -0.3 is 5.32 Å². The van der Waals surface area contributed by atoms with Crippen LogP contribution < -0.4 is 5.32 Å². The molecule has 0 radical (unpaired) electrons. The summed E-state index contributed by atoms with van der Waals surface area (Å²) < 4.78 is 25.7. The van der Waals surface area contributed by atoms with Crippen LogP contribution in [0.1, 0.15) is 12.0 Å². The standard InChI is InChI=1S/C10H13F2N/c1-13-6-2-3-8-7-9(11)4-5-10(8)12/h4-5,7,13H,2-3,6H2,1H3. The lowest BCUT2D eigenvalue weighted by atomic mass is 10.1. The molecule has 3 heteroatoms. The van der Waals surface area contributed by atoms with Crippen LogP contribution in [0.3, 0.4) is 0 Å². The van der Waals surface area contributed by atoms with E-state index in [4.69, 9.17) is 0 Å². The van der Waals surface area contributed by atoms with Crippen LogP contribution in [-0.4, -0.2) is 13.6 Å². The van der Waals surface area contributed by atoms with Crippen LogP contribution in [0.25, 0.3) is 0 Å². The lowest BCUT2D eigenvalue weighted by molar-refractivity contribution is 0.578. The molecular weight excluding hydrogens is 172 g/mol. The molecular formula is C10H13F2N. The van der Waals surface area contributed by atoms with Gasteiger partial charge in [-0.3, -0.25) is 0 Å². The van der Waals surface area contributed by atoms with Gasteiger partial charge in [-0.2, -0.15) is 0 Å². The molecule has 1 aromatic carbocycles. The molecule has 0 heterocycles. The molecule has 0 spiro atoms. The first-order valence-electron chi connectivity index (χ1n) is 4.32. The molecule has 1 nitrogen and oxygen atoms in total. The molecule has 0 saturated heterocycles. The van der Waals surface area contributed by atoms with Gasteiger partial charge in [0.2, 0.25) is 0 Å². The monoisotopic (exact) mass is 185 g/mol. The fourth-order valence-corrected chi connectivity index (χ4v) is 1.19. The van der Waals surface area contributed by atoms with Crippen LogP contribution in [0, 0.1) is 11.6 Å². The van der Waals surface area contributed by atoms with Gasteiger partial charge in [-0.05, 0) is 50.2 Å². The number of halogens is 2. The molecule has 0 aliphatic carbocycles. The molecule has 0 aromatic heterocycles. The summed E-state index contributed by atoms with van der Waals surface area (Å²) in [5.74, 6) is -0.696. The molecule has 0 saturated carbocycles. The van der Waals surface area contributed by atoms with E-state index in [0.29, 0.717) is 12.0 Å². The van der Waals surface area contributed by atoms with Crippen molar-refractivity contribution in [1.82, 2.24) is 5.32 Å². The summed E-state index contributed by atoms with van der Waals surface area (Å²) in [6.07, 6.45) is 1.39. The number of hydrogen-bond acceptors (Lipinski definition) is 1. The predicted molar refractivity (Wildman–Crippen MR) is 48.6 cm³/mol. The molecule has 0 aliphatic heterocycles. The number of nitrogens with one attached hydrogen (secondary N) is 1. The lowest BCUT2D eigenvalue weighted by Crippen LogP contribution is -2.08. The molecule has 0 atom stereocenters. The third-order valence-corrected chi connectivity index (χ3v) is 1.88. The van der Waals surface area contributed by atoms with Crippen molar-refractivity contribution in [2.45, 2.75) is 12.8 Å². The molecule has 72 valence electrons. The molecule has 0 amide bonds. The van der Waals surface area contributed by atoms with E-state index in [2.05, 4.69) is 5.32 Å². The Kier molecular flexibility index (Phi) is 3.83. The molecule has 0 fully saturated rings. The van der Waals surface area contributed by atoms with Gasteiger partial charge in [-0.1, -0.05) is 0 Å². The van der Waals surface area contributed by atoms with E-state index in [-0.39, 0.29) is 11.6 Å². The highest BCUT2D eigenvalue weighted by molar-refractivity contribution is 5.18. The highest BCUT2D eigenvalue weighted by atomic mass is 19.1. The topological polar surface area (TPSA) is 12.0 Å². The van der Waals surface area contributed by atoms with Crippen LogP contribution in [0.15, 0.2) is 18.2 Å². The van der Waals surface area contributed by atoms with Crippen molar-refractivity contribution in [2.24, 2.45) is 0 Å². The Morgan fingerprint density at radius 1 is 1.31 bits per heavy atom. The summed E-state index contributed by atoms with van der Waals surface area (Å²) >= 11 is 0. The summed E-state index contributed by atoms with van der Waals surface area (Å²) in [4.78, 5) is 0. The Morgan fingerprint density at radius 3 is 2.77 bits per heavy atom. The highest BCUT2D eigenvalue weighted by Crippen LogP contribution is 2.11. The Balaban J connectivity index is 2.59. The van der Waals surface area contributed by atoms with Gasteiger partial charge in [0.15, 0.2) is 0 Å². The maximum Gasteiger partial charge on any atom is 0.126 e. The SMILES string of the molecule is CNCCCc1cc(F)ccc1F. The summed E-state index contributed by atoms with van der Waals surface area (Å²) in [5.41, 5.74) is 0.454. The first-order chi connectivity index (χ1) is 6.24. The van der Waals surface area contributed by atoms with E-state index in [1.165, 1.54) is 12.1 Å². The van der Waals surface area contributed by atoms with Crippen molar-refractivity contribution in [3.8, 4) is 0 Å². The van der Waals surface area contributed by atoms with Crippen molar-refractivity contribution in [3.63, 3.8) is 0 Å². The normalized spacial score (nSPS) is 10.4. The minimum atomic E-state index is -0.374. The number of aryl methyl sites for hydroxylation is 1. The zero-order valence-corrected chi connectivity index (χ0v) is 7.61. The summed E-state index contributed by atoms with van der Waals surface area (Å²) in [6.45, 7) is 0.815. The lowest BCUT2D eigenvalue weighted by Gasteiger charge is -2.02. The van der Waals surface area contributed by atoms with Crippen molar-refractivity contribution in [1.29, 1.82) is 0 Å². The van der Waals surface area contributed by atoms with Gasteiger partial charge in [-0.25, -0.2) is 8.78 Å². The Labute approximate surface area is 76.8 Å². The number of hydrogen-bond donors (Lipinski definition) is 1. The van der Waals surface area contributed by atoms with Gasteiger partial charge in [-0.15, -0.1) is 0 Å². The maximum atomic E-state index is 13.0. The molecule has 13 heavy (non-hydrogen) atoms. The minimum absolute atomic E-state index is 0.322. The minimum Gasteiger partial charge on any atom is -0.320 e. The molecule has 0 bridgehead atoms. The van der Waals surface area contributed by atoms with Gasteiger partial charge in [0.1, 0.15) is 11.6 Å². The second-order valence-electron chi connectivity index (χ2n) is 2.94. The van der Waals surface area contributed by atoms with E-state index < -0.39 is 0 Å². The molecule has 1 rings (SSSR count). The van der Waals surface area contributed by atoms with E-state index in [0.717, 1.165) is 19.0 Å². The zero-order chi connectivity index (χ0) is 9.68. The van der Waals surface area contributed by atoms with Crippen LogP contribution in [0.4, 0.5) is 8.78 Å². The Bertz CT molecular complexity index is 274. The van der Waals surface area contributed by atoms with Crippen molar-refractivity contribution in [2.75, 3.05) is 13.6 Å². The summed E-state index contributed by atoms with van der Waals surface area (Å²) in [7, 11) is 1.84. The zero-order valence-electron chi connectivity index (χ0n) is 7.61. The number of rotatable bonds is 4. The molecule has 0 unspecified atom stereocenters. The average Bonchev–Trinajstić information content (AvgIpc) is 2.11. The van der Waals surface area contributed by atoms with Crippen molar-refractivity contribution >= 4 is 0 Å². The van der Waals surface area contributed by atoms with Crippen LogP contribution in [0.5, 0.6) is 0 Å². The van der Waals surface area contributed by atoms with Gasteiger partial charge in [0.05, 0.1) is 0 Å². The molecule has 1 aromatic rings. The fourth-order valence-electron chi connectivity index (χ4n) is 1.19. The highest BCUT2D eigenvalue weighted by Gasteiger charge is 2.02. The first-order valence-corrected chi connectivity index (χ1v) is 4.32. The second-order valence-corrected chi connectivity index (χ2v) is 2.94. The van der Waals surface area contributed by atoms with Crippen LogP contribution in [-0.2, 0) is 6.42 Å². The molecule has 0 aliphatic rings. The second kappa shape index (κ2) is 4.92. The van der Waals surface area contributed by atoms with Gasteiger partial charge >= 0.3 is 0 Å². The van der Waals surface area contributed by atoms with Gasteiger partial charge in [0, 0.05) is 0 Å². The average molecular weight is 185 g/mol. The summed E-state index contributed by atoms with van der Waals surface area (Å²) in [5, 5.41) is 2.96. The quantitative estimate of drug-likeness (QED) is 0.708. The number of benzene rings is 1. The van der Waals surface area contributed by atoms with E-state index in [1.807, 2.05) is 7.05 Å². The summed E-state index contributed by atoms with van der Waals surface area (Å²) in [6, 6.07) is 3.56. The smallest absolute Gasteiger partial charge is 0.126 e. The largest absolute Gasteiger partial charge is 0.320 e. The van der Waals surface area contributed by atoms with Crippen LogP contribution in [0.2, 0.25) is 0 Å². The first kappa shape index (κ1) is 10.1. The Hall–Kier alpha value is -0.960. The van der Waals surface area contributed by atoms with E-state index >= 15 is 0 Å².